The summed E-state index contributed by atoms with van der Waals surface area (Å²) in [5.41, 5.74) is 4.76. The quantitative estimate of drug-likeness (QED) is 0.257. The lowest BCUT2D eigenvalue weighted by atomic mass is 10.1. The molecule has 42 heavy (non-hydrogen) atoms. The van der Waals surface area contributed by atoms with Gasteiger partial charge in [-0.05, 0) is 63.2 Å². The zero-order valence-electron chi connectivity index (χ0n) is 23.2. The van der Waals surface area contributed by atoms with Crippen LogP contribution in [-0.4, -0.2) is 39.3 Å². The number of halogens is 2. The van der Waals surface area contributed by atoms with Crippen molar-refractivity contribution < 1.29 is 27.7 Å². The molecule has 214 valence electrons. The van der Waals surface area contributed by atoms with Crippen LogP contribution in [0, 0.1) is 25.5 Å². The van der Waals surface area contributed by atoms with Gasteiger partial charge in [0.1, 0.15) is 23.7 Å². The first-order valence-corrected chi connectivity index (χ1v) is 13.0. The first-order chi connectivity index (χ1) is 20.2. The van der Waals surface area contributed by atoms with Crippen molar-refractivity contribution >= 4 is 22.8 Å². The van der Waals surface area contributed by atoms with E-state index >= 15 is 4.39 Å². The average molecular weight is 573 g/mol. The average Bonchev–Trinajstić information content (AvgIpc) is 3.54. The molecule has 0 saturated heterocycles. The van der Waals surface area contributed by atoms with E-state index in [0.717, 1.165) is 11.1 Å². The summed E-state index contributed by atoms with van der Waals surface area (Å²) in [5, 5.41) is 14.2. The predicted octanol–water partition coefficient (Wildman–Crippen LogP) is 6.19. The minimum atomic E-state index is -0.668. The lowest BCUT2D eigenvalue weighted by Gasteiger charge is -2.38. The van der Waals surface area contributed by atoms with Gasteiger partial charge in [-0.25, -0.2) is 18.1 Å². The van der Waals surface area contributed by atoms with Crippen molar-refractivity contribution in [3.63, 3.8) is 0 Å². The molecule has 1 N–H and O–H groups in total. The lowest BCUT2D eigenvalue weighted by Crippen LogP contribution is -2.45. The standard InChI is InChI=1S/C30H26F2N6O4/c1-17-28(19(3)42-35-17)23-12-14-37-29(23)27(11-13-33-37)41-26-10-7-21(15-25(26)32)34-30(39)24-16-40-38(36(4)18(24)2)22-8-5-20(31)6-9-22/h5-15H,16H2,1-4H3,(H,34,39). The number of rotatable bonds is 6. The molecule has 4 heterocycles. The molecule has 12 heteroatoms. The molecular weight excluding hydrogens is 546 g/mol. The van der Waals surface area contributed by atoms with Gasteiger partial charge in [-0.1, -0.05) is 5.16 Å². The highest BCUT2D eigenvalue weighted by atomic mass is 19.1. The predicted molar refractivity (Wildman–Crippen MR) is 151 cm³/mol. The second-order valence-electron chi connectivity index (χ2n) is 9.73. The molecule has 0 saturated carbocycles. The van der Waals surface area contributed by atoms with Crippen LogP contribution < -0.4 is 15.2 Å². The second kappa shape index (κ2) is 10.6. The van der Waals surface area contributed by atoms with Gasteiger partial charge in [0.2, 0.25) is 0 Å². The molecule has 0 radical (unpaired) electrons. The molecule has 0 aliphatic carbocycles. The number of fused-ring (bicyclic) bond motifs is 1. The number of carbonyl (C=O) groups excluding carboxylic acids is 1. The molecule has 1 aliphatic heterocycles. The Morgan fingerprint density at radius 2 is 1.81 bits per heavy atom. The Morgan fingerprint density at radius 1 is 1.02 bits per heavy atom. The zero-order chi connectivity index (χ0) is 29.5. The number of anilines is 2. The van der Waals surface area contributed by atoms with Crippen LogP contribution in [0.15, 0.2) is 82.8 Å². The van der Waals surface area contributed by atoms with Crippen LogP contribution in [0.4, 0.5) is 20.2 Å². The molecule has 0 spiro atoms. The number of hydrogen-bond acceptors (Lipinski definition) is 8. The maximum absolute atomic E-state index is 15.3. The van der Waals surface area contributed by atoms with Gasteiger partial charge in [-0.2, -0.15) is 10.3 Å². The minimum Gasteiger partial charge on any atom is -0.452 e. The monoisotopic (exact) mass is 572 g/mol. The summed E-state index contributed by atoms with van der Waals surface area (Å²) >= 11 is 0. The molecule has 1 amide bonds. The first kappa shape index (κ1) is 27.0. The van der Waals surface area contributed by atoms with Crippen molar-refractivity contribution in [1.82, 2.24) is 19.8 Å². The van der Waals surface area contributed by atoms with Crippen molar-refractivity contribution in [2.45, 2.75) is 20.8 Å². The Hall–Kier alpha value is -5.23. The normalized spacial score (nSPS) is 13.7. The molecule has 1 aliphatic rings. The van der Waals surface area contributed by atoms with E-state index in [-0.39, 0.29) is 23.9 Å². The van der Waals surface area contributed by atoms with Crippen molar-refractivity contribution in [2.24, 2.45) is 0 Å². The van der Waals surface area contributed by atoms with Gasteiger partial charge >= 0.3 is 0 Å². The van der Waals surface area contributed by atoms with E-state index in [1.54, 1.807) is 60.2 Å². The number of aryl methyl sites for hydroxylation is 2. The molecule has 2 aromatic carbocycles. The van der Waals surface area contributed by atoms with Crippen LogP contribution in [-0.2, 0) is 9.63 Å². The number of nitrogens with zero attached hydrogens (tertiary/aromatic N) is 5. The molecule has 5 aromatic rings. The molecule has 0 bridgehead atoms. The Balaban J connectivity index is 1.21. The number of aromatic nitrogens is 3. The number of nitrogens with one attached hydrogen (secondary N) is 1. The zero-order valence-corrected chi connectivity index (χ0v) is 23.2. The van der Waals surface area contributed by atoms with Crippen molar-refractivity contribution in [2.75, 3.05) is 24.1 Å². The fraction of sp³-hybridized carbons (Fsp3) is 0.167. The van der Waals surface area contributed by atoms with Crippen LogP contribution in [0.25, 0.3) is 16.6 Å². The topological polar surface area (TPSA) is 97.4 Å². The SMILES string of the molecule is CC1=C(C(=O)Nc2ccc(Oc3ccnn4ccc(-c5c(C)noc5C)c34)c(F)c2)CON(c2ccc(F)cc2)N1C. The summed E-state index contributed by atoms with van der Waals surface area (Å²) in [6.45, 7) is 5.39. The van der Waals surface area contributed by atoms with Gasteiger partial charge in [0.25, 0.3) is 5.91 Å². The largest absolute Gasteiger partial charge is 0.452 e. The van der Waals surface area contributed by atoms with Crippen molar-refractivity contribution in [1.29, 1.82) is 0 Å². The van der Waals surface area contributed by atoms with Gasteiger partial charge in [-0.3, -0.25) is 9.80 Å². The molecule has 0 fully saturated rings. The molecule has 10 nitrogen and oxygen atoms in total. The highest BCUT2D eigenvalue weighted by Gasteiger charge is 2.27. The number of allylic oxidation sites excluding steroid dienone is 1. The van der Waals surface area contributed by atoms with Crippen LogP contribution in [0.5, 0.6) is 11.5 Å². The van der Waals surface area contributed by atoms with Gasteiger partial charge in [0.15, 0.2) is 17.3 Å². The van der Waals surface area contributed by atoms with Crippen molar-refractivity contribution in [3.8, 4) is 22.6 Å². The Kier molecular flexibility index (Phi) is 6.83. The maximum atomic E-state index is 15.3. The third-order valence-electron chi connectivity index (χ3n) is 7.08. The third-order valence-corrected chi connectivity index (χ3v) is 7.08. The molecule has 0 unspecified atom stereocenters. The van der Waals surface area contributed by atoms with Gasteiger partial charge in [0.05, 0.1) is 23.2 Å². The van der Waals surface area contributed by atoms with E-state index in [1.807, 2.05) is 19.9 Å². The number of hydrazine groups is 1. The maximum Gasteiger partial charge on any atom is 0.255 e. The number of ether oxygens (including phenoxy) is 1. The summed E-state index contributed by atoms with van der Waals surface area (Å²) in [6, 6.07) is 13.5. The van der Waals surface area contributed by atoms with E-state index in [2.05, 4.69) is 15.6 Å². The smallest absolute Gasteiger partial charge is 0.255 e. The van der Waals surface area contributed by atoms with Crippen molar-refractivity contribution in [3.05, 3.63) is 101 Å². The summed E-state index contributed by atoms with van der Waals surface area (Å²) in [7, 11) is 1.72. The summed E-state index contributed by atoms with van der Waals surface area (Å²) in [4.78, 5) is 18.9. The van der Waals surface area contributed by atoms with Crippen LogP contribution >= 0.6 is 0 Å². The highest BCUT2D eigenvalue weighted by molar-refractivity contribution is 6.04. The number of carbonyl (C=O) groups is 1. The van der Waals surface area contributed by atoms with E-state index < -0.39 is 11.7 Å². The molecule has 6 rings (SSSR count). The number of hydrogen-bond donors (Lipinski definition) is 1. The minimum absolute atomic E-state index is 0.0296. The van der Waals surface area contributed by atoms with Gasteiger partial charge < -0.3 is 14.6 Å². The molecule has 0 atom stereocenters. The van der Waals surface area contributed by atoms with E-state index in [4.69, 9.17) is 14.1 Å². The Morgan fingerprint density at radius 3 is 2.52 bits per heavy atom. The van der Waals surface area contributed by atoms with E-state index in [9.17, 15) is 9.18 Å². The first-order valence-electron chi connectivity index (χ1n) is 13.0. The highest BCUT2D eigenvalue weighted by Crippen LogP contribution is 2.38. The van der Waals surface area contributed by atoms with Gasteiger partial charge in [0, 0.05) is 47.9 Å². The summed E-state index contributed by atoms with van der Waals surface area (Å²) < 4.78 is 41.6. The van der Waals surface area contributed by atoms with Crippen LogP contribution in [0.2, 0.25) is 0 Å². The fourth-order valence-electron chi connectivity index (χ4n) is 4.85. The number of amides is 1. The van der Waals surface area contributed by atoms with E-state index in [0.29, 0.717) is 39.7 Å². The number of benzene rings is 2. The molecular formula is C30H26F2N6O4. The molecule has 3 aromatic heterocycles. The van der Waals surface area contributed by atoms with Crippen LogP contribution in [0.1, 0.15) is 18.4 Å². The Bertz CT molecular complexity index is 1830. The van der Waals surface area contributed by atoms with E-state index in [1.165, 1.54) is 29.4 Å². The lowest BCUT2D eigenvalue weighted by molar-refractivity contribution is -0.114. The summed E-state index contributed by atoms with van der Waals surface area (Å²) in [6.07, 6.45) is 3.34. The van der Waals surface area contributed by atoms with Crippen LogP contribution in [0.3, 0.4) is 0 Å². The summed E-state index contributed by atoms with van der Waals surface area (Å²) in [5.74, 6) is -0.481. The Labute approximate surface area is 239 Å². The fourth-order valence-corrected chi connectivity index (χ4v) is 4.85. The third kappa shape index (κ3) is 4.81. The van der Waals surface area contributed by atoms with Gasteiger partial charge in [-0.15, -0.1) is 0 Å². The second-order valence-corrected chi connectivity index (χ2v) is 9.73.